The molecule has 6 heteroatoms. The largest absolute Gasteiger partial charge is 0.467 e. The molecular formula is C18H25NO5. The number of benzene rings is 1. The lowest BCUT2D eigenvalue weighted by Crippen LogP contribution is -2.44. The molecule has 0 bridgehead atoms. The Morgan fingerprint density at radius 2 is 1.88 bits per heavy atom. The summed E-state index contributed by atoms with van der Waals surface area (Å²) < 4.78 is 9.81. The zero-order chi connectivity index (χ0) is 18.3. The second kappa shape index (κ2) is 8.47. The van der Waals surface area contributed by atoms with Crippen molar-refractivity contribution in [3.63, 3.8) is 0 Å². The fourth-order valence-corrected chi connectivity index (χ4v) is 2.08. The number of carbonyl (C=O) groups excluding carboxylic acids is 3. The van der Waals surface area contributed by atoms with Crippen LogP contribution in [0.4, 0.5) is 4.79 Å². The lowest BCUT2D eigenvalue weighted by Gasteiger charge is -2.22. The smallest absolute Gasteiger partial charge is 0.408 e. The van der Waals surface area contributed by atoms with E-state index in [0.717, 1.165) is 5.56 Å². The number of esters is 1. The predicted octanol–water partition coefficient (Wildman–Crippen LogP) is 3.02. The Morgan fingerprint density at radius 1 is 1.21 bits per heavy atom. The van der Waals surface area contributed by atoms with Gasteiger partial charge in [0.05, 0.1) is 7.11 Å². The molecule has 1 N–H and O–H groups in total. The first kappa shape index (κ1) is 19.7. The molecule has 0 aliphatic heterocycles. The number of amides is 1. The molecule has 1 amide bonds. The van der Waals surface area contributed by atoms with Crippen LogP contribution in [0.25, 0.3) is 0 Å². The Bertz CT molecular complexity index is 604. The molecule has 0 heterocycles. The fourth-order valence-electron chi connectivity index (χ4n) is 2.08. The summed E-state index contributed by atoms with van der Waals surface area (Å²) in [5.41, 5.74) is 0.885. The molecule has 1 atom stereocenters. The standard InChI is InChI=1S/C18H25NO5/c1-12-7-6-8-13(11-12)15(20)10-9-14(16(21)23-5)19-17(22)24-18(2,3)4/h6-8,11,14H,9-10H2,1-5H3,(H,19,22). The van der Waals surface area contributed by atoms with E-state index in [4.69, 9.17) is 4.74 Å². The zero-order valence-corrected chi connectivity index (χ0v) is 14.8. The van der Waals surface area contributed by atoms with Crippen molar-refractivity contribution < 1.29 is 23.9 Å². The number of ether oxygens (including phenoxy) is 2. The highest BCUT2D eigenvalue weighted by molar-refractivity contribution is 5.96. The van der Waals surface area contributed by atoms with Gasteiger partial charge in [0.2, 0.25) is 0 Å². The van der Waals surface area contributed by atoms with Crippen LogP contribution in [-0.2, 0) is 14.3 Å². The lowest BCUT2D eigenvalue weighted by atomic mass is 10.0. The molecule has 0 spiro atoms. The predicted molar refractivity (Wildman–Crippen MR) is 89.9 cm³/mol. The minimum atomic E-state index is -0.932. The van der Waals surface area contributed by atoms with Crippen LogP contribution in [-0.4, -0.2) is 36.6 Å². The van der Waals surface area contributed by atoms with E-state index in [-0.39, 0.29) is 18.6 Å². The van der Waals surface area contributed by atoms with E-state index in [1.165, 1.54) is 7.11 Å². The minimum absolute atomic E-state index is 0.0985. The van der Waals surface area contributed by atoms with Crippen molar-refractivity contribution in [2.75, 3.05) is 7.11 Å². The highest BCUT2D eigenvalue weighted by Gasteiger charge is 2.25. The van der Waals surface area contributed by atoms with Gasteiger partial charge < -0.3 is 14.8 Å². The Labute approximate surface area is 142 Å². The van der Waals surface area contributed by atoms with Crippen molar-refractivity contribution in [3.05, 3.63) is 35.4 Å². The highest BCUT2D eigenvalue weighted by Crippen LogP contribution is 2.12. The van der Waals surface area contributed by atoms with E-state index in [2.05, 4.69) is 10.1 Å². The number of hydrogen-bond donors (Lipinski definition) is 1. The number of hydrogen-bond acceptors (Lipinski definition) is 5. The second-order valence-electron chi connectivity index (χ2n) is 6.55. The monoisotopic (exact) mass is 335 g/mol. The SMILES string of the molecule is COC(=O)C(CCC(=O)c1cccc(C)c1)NC(=O)OC(C)(C)C. The normalized spacial score (nSPS) is 12.2. The maximum absolute atomic E-state index is 12.2. The van der Waals surface area contributed by atoms with Crippen molar-refractivity contribution in [1.82, 2.24) is 5.32 Å². The van der Waals surface area contributed by atoms with Gasteiger partial charge in [0.1, 0.15) is 11.6 Å². The molecular weight excluding hydrogens is 310 g/mol. The van der Waals surface area contributed by atoms with Crippen molar-refractivity contribution in [1.29, 1.82) is 0 Å². The summed E-state index contributed by atoms with van der Waals surface area (Å²) in [5.74, 6) is -0.712. The first-order valence-electron chi connectivity index (χ1n) is 7.79. The van der Waals surface area contributed by atoms with Crippen LogP contribution in [0.5, 0.6) is 0 Å². The van der Waals surface area contributed by atoms with E-state index in [9.17, 15) is 14.4 Å². The number of rotatable bonds is 6. The van der Waals surface area contributed by atoms with Gasteiger partial charge >= 0.3 is 12.1 Å². The van der Waals surface area contributed by atoms with Crippen LogP contribution in [0, 0.1) is 6.92 Å². The topological polar surface area (TPSA) is 81.7 Å². The van der Waals surface area contributed by atoms with Crippen molar-refractivity contribution in [2.45, 2.75) is 52.2 Å². The maximum Gasteiger partial charge on any atom is 0.408 e. The second-order valence-corrected chi connectivity index (χ2v) is 6.55. The number of aryl methyl sites for hydroxylation is 1. The molecule has 1 unspecified atom stereocenters. The fraction of sp³-hybridized carbons (Fsp3) is 0.500. The third kappa shape index (κ3) is 6.81. The lowest BCUT2D eigenvalue weighted by molar-refractivity contribution is -0.143. The number of Topliss-reactive ketones (excluding diaryl/α,β-unsaturated/α-hetero) is 1. The Kier molecular flexibility index (Phi) is 6.95. The zero-order valence-electron chi connectivity index (χ0n) is 14.8. The number of methoxy groups -OCH3 is 1. The van der Waals surface area contributed by atoms with Crippen LogP contribution in [0.3, 0.4) is 0 Å². The van der Waals surface area contributed by atoms with Crippen molar-refractivity contribution in [2.24, 2.45) is 0 Å². The molecule has 0 aliphatic rings. The molecule has 1 aromatic carbocycles. The Morgan fingerprint density at radius 3 is 2.42 bits per heavy atom. The van der Waals surface area contributed by atoms with Crippen LogP contribution < -0.4 is 5.32 Å². The average Bonchev–Trinajstić information content (AvgIpc) is 2.48. The van der Waals surface area contributed by atoms with Gasteiger partial charge in [-0.05, 0) is 40.2 Å². The molecule has 6 nitrogen and oxygen atoms in total. The summed E-state index contributed by atoms with van der Waals surface area (Å²) in [6, 6.07) is 6.29. The molecule has 0 radical (unpaired) electrons. The summed E-state index contributed by atoms with van der Waals surface area (Å²) in [7, 11) is 1.23. The molecule has 24 heavy (non-hydrogen) atoms. The molecule has 0 aromatic heterocycles. The summed E-state index contributed by atoms with van der Waals surface area (Å²) in [4.78, 5) is 35.9. The number of ketones is 1. The first-order chi connectivity index (χ1) is 11.1. The maximum atomic E-state index is 12.2. The first-order valence-corrected chi connectivity index (χ1v) is 7.79. The molecule has 132 valence electrons. The van der Waals surface area contributed by atoms with Crippen molar-refractivity contribution >= 4 is 17.8 Å². The summed E-state index contributed by atoms with van der Waals surface area (Å²) in [5, 5.41) is 2.45. The van der Waals surface area contributed by atoms with Crippen LogP contribution >= 0.6 is 0 Å². The van der Waals surface area contributed by atoms with Gasteiger partial charge in [0.25, 0.3) is 0 Å². The number of alkyl carbamates (subject to hydrolysis) is 1. The molecule has 0 aliphatic carbocycles. The quantitative estimate of drug-likeness (QED) is 0.638. The van der Waals surface area contributed by atoms with E-state index in [1.54, 1.807) is 39.0 Å². The van der Waals surface area contributed by atoms with Gasteiger partial charge in [0, 0.05) is 12.0 Å². The van der Waals surface area contributed by atoms with E-state index >= 15 is 0 Å². The summed E-state index contributed by atoms with van der Waals surface area (Å²) >= 11 is 0. The van der Waals surface area contributed by atoms with Gasteiger partial charge in [-0.15, -0.1) is 0 Å². The Hall–Kier alpha value is -2.37. The van der Waals surface area contributed by atoms with Gasteiger partial charge in [-0.2, -0.15) is 0 Å². The average molecular weight is 335 g/mol. The van der Waals surface area contributed by atoms with E-state index < -0.39 is 23.7 Å². The minimum Gasteiger partial charge on any atom is -0.467 e. The van der Waals surface area contributed by atoms with Gasteiger partial charge in [0.15, 0.2) is 5.78 Å². The number of nitrogens with one attached hydrogen (secondary N) is 1. The molecule has 0 fully saturated rings. The Balaban J connectivity index is 2.68. The van der Waals surface area contributed by atoms with Gasteiger partial charge in [-0.3, -0.25) is 4.79 Å². The van der Waals surface area contributed by atoms with Crippen LogP contribution in [0.1, 0.15) is 49.5 Å². The molecule has 0 saturated carbocycles. The van der Waals surface area contributed by atoms with Crippen molar-refractivity contribution in [3.8, 4) is 0 Å². The van der Waals surface area contributed by atoms with Gasteiger partial charge in [-0.1, -0.05) is 23.8 Å². The van der Waals surface area contributed by atoms with Crippen LogP contribution in [0.15, 0.2) is 24.3 Å². The van der Waals surface area contributed by atoms with E-state index in [0.29, 0.717) is 5.56 Å². The molecule has 1 rings (SSSR count). The third-order valence-corrected chi connectivity index (χ3v) is 3.18. The molecule has 0 saturated heterocycles. The number of carbonyl (C=O) groups is 3. The summed E-state index contributed by atoms with van der Waals surface area (Å²) in [6.45, 7) is 7.07. The molecule has 1 aromatic rings. The third-order valence-electron chi connectivity index (χ3n) is 3.18. The summed E-state index contributed by atoms with van der Waals surface area (Å²) in [6.07, 6.45) is -0.474. The van der Waals surface area contributed by atoms with Crippen LogP contribution in [0.2, 0.25) is 0 Å². The van der Waals surface area contributed by atoms with Gasteiger partial charge in [-0.25, -0.2) is 9.59 Å². The van der Waals surface area contributed by atoms with E-state index in [1.807, 2.05) is 13.0 Å². The highest BCUT2D eigenvalue weighted by atomic mass is 16.6.